The fourth-order valence-electron chi connectivity index (χ4n) is 3.32. The summed E-state index contributed by atoms with van der Waals surface area (Å²) < 4.78 is 35.1. The highest BCUT2D eigenvalue weighted by Gasteiger charge is 2.35. The van der Waals surface area contributed by atoms with E-state index >= 15 is 4.39 Å². The van der Waals surface area contributed by atoms with Crippen LogP contribution in [0.25, 0.3) is 0 Å². The van der Waals surface area contributed by atoms with Crippen LogP contribution in [0.4, 0.5) is 24.5 Å². The van der Waals surface area contributed by atoms with Crippen molar-refractivity contribution in [1.82, 2.24) is 10.7 Å². The third-order valence-corrected chi connectivity index (χ3v) is 6.19. The number of alkyl carbamates (subject to hydrolysis) is 1. The average molecular weight is 599 g/mol. The summed E-state index contributed by atoms with van der Waals surface area (Å²) in [5.41, 5.74) is 0.915. The lowest BCUT2D eigenvalue weighted by Gasteiger charge is -2.23. The molecule has 0 spiro atoms. The van der Waals surface area contributed by atoms with Gasteiger partial charge in [-0.25, -0.2) is 24.2 Å². The number of amides is 3. The van der Waals surface area contributed by atoms with E-state index in [0.717, 1.165) is 17.8 Å². The van der Waals surface area contributed by atoms with Crippen molar-refractivity contribution >= 4 is 46.7 Å². The summed E-state index contributed by atoms with van der Waals surface area (Å²) in [7, 11) is 0. The first-order chi connectivity index (χ1) is 18.8. The molecule has 1 aliphatic heterocycles. The van der Waals surface area contributed by atoms with E-state index in [1.165, 1.54) is 17.0 Å². The van der Waals surface area contributed by atoms with Crippen molar-refractivity contribution in [3.05, 3.63) is 29.6 Å². The SMILES string of the molecule is CCOC(=O)C(C)(C)SC(=NNC(=O)OC(C)(C)C)c1ccc(N2C[C@@H](CNC(=O)OC(C)(C)C)OC2=O)cc1F. The predicted octanol–water partition coefficient (Wildman–Crippen LogP) is 4.94. The number of thioether (sulfide) groups is 1. The zero-order valence-corrected chi connectivity index (χ0v) is 25.7. The summed E-state index contributed by atoms with van der Waals surface area (Å²) in [5, 5.41) is 6.56. The number of nitrogens with one attached hydrogen (secondary N) is 2. The van der Waals surface area contributed by atoms with Gasteiger partial charge in [-0.15, -0.1) is 0 Å². The van der Waals surface area contributed by atoms with E-state index < -0.39 is 52.1 Å². The molecule has 0 aromatic heterocycles. The smallest absolute Gasteiger partial charge is 0.428 e. The Morgan fingerprint density at radius 3 is 2.24 bits per heavy atom. The van der Waals surface area contributed by atoms with Gasteiger partial charge in [-0.05, 0) is 80.5 Å². The van der Waals surface area contributed by atoms with Crippen LogP contribution < -0.4 is 15.6 Å². The maximum absolute atomic E-state index is 15.5. The van der Waals surface area contributed by atoms with Gasteiger partial charge in [0.2, 0.25) is 0 Å². The van der Waals surface area contributed by atoms with Crippen molar-refractivity contribution in [3.8, 4) is 0 Å². The van der Waals surface area contributed by atoms with Crippen LogP contribution in [0.2, 0.25) is 0 Å². The van der Waals surface area contributed by atoms with Gasteiger partial charge in [0.1, 0.15) is 32.9 Å². The Balaban J connectivity index is 2.26. The molecule has 1 fully saturated rings. The van der Waals surface area contributed by atoms with Crippen molar-refractivity contribution in [2.75, 3.05) is 24.6 Å². The molecular weight excluding hydrogens is 559 g/mol. The number of nitrogens with zero attached hydrogens (tertiary/aromatic N) is 2. The molecule has 1 aromatic rings. The van der Waals surface area contributed by atoms with Crippen molar-refractivity contribution in [2.45, 2.75) is 84.4 Å². The van der Waals surface area contributed by atoms with Crippen LogP contribution in [0.5, 0.6) is 0 Å². The topological polar surface area (TPSA) is 145 Å². The molecule has 3 amide bonds. The Morgan fingerprint density at radius 1 is 1.07 bits per heavy atom. The summed E-state index contributed by atoms with van der Waals surface area (Å²) >= 11 is 0.882. The number of hydrogen-bond acceptors (Lipinski definition) is 10. The summed E-state index contributed by atoms with van der Waals surface area (Å²) in [6, 6.07) is 3.96. The number of anilines is 1. The Morgan fingerprint density at radius 2 is 1.68 bits per heavy atom. The quantitative estimate of drug-likeness (QED) is 0.140. The van der Waals surface area contributed by atoms with E-state index in [0.29, 0.717) is 0 Å². The molecular formula is C27H39FN4O8S. The number of carbonyl (C=O) groups excluding carboxylic acids is 4. The van der Waals surface area contributed by atoms with Crippen LogP contribution in [0.15, 0.2) is 23.3 Å². The first-order valence-corrected chi connectivity index (χ1v) is 13.8. The van der Waals surface area contributed by atoms with Gasteiger partial charge < -0.3 is 24.3 Å². The van der Waals surface area contributed by atoms with Gasteiger partial charge in [0.15, 0.2) is 0 Å². The van der Waals surface area contributed by atoms with Gasteiger partial charge >= 0.3 is 24.2 Å². The number of rotatable bonds is 8. The van der Waals surface area contributed by atoms with E-state index in [9.17, 15) is 19.2 Å². The molecule has 1 heterocycles. The summed E-state index contributed by atoms with van der Waals surface area (Å²) in [6.45, 7) is 15.2. The van der Waals surface area contributed by atoms with Crippen molar-refractivity contribution in [3.63, 3.8) is 0 Å². The van der Waals surface area contributed by atoms with Crippen LogP contribution >= 0.6 is 11.8 Å². The molecule has 0 aliphatic carbocycles. The number of benzene rings is 1. The molecule has 41 heavy (non-hydrogen) atoms. The molecule has 0 saturated carbocycles. The van der Waals surface area contributed by atoms with Crippen molar-refractivity contribution in [2.24, 2.45) is 5.10 Å². The average Bonchev–Trinajstić information content (AvgIpc) is 3.19. The van der Waals surface area contributed by atoms with Gasteiger partial charge in [-0.2, -0.15) is 5.10 Å². The molecule has 1 saturated heterocycles. The molecule has 228 valence electrons. The monoisotopic (exact) mass is 598 g/mol. The Bertz CT molecular complexity index is 1180. The van der Waals surface area contributed by atoms with Gasteiger partial charge in [-0.1, -0.05) is 11.8 Å². The van der Waals surface area contributed by atoms with E-state index in [1.807, 2.05) is 0 Å². The number of hydrogen-bond donors (Lipinski definition) is 2. The number of carbonyl (C=O) groups is 4. The molecule has 0 radical (unpaired) electrons. The predicted molar refractivity (Wildman–Crippen MR) is 152 cm³/mol. The molecule has 1 atom stereocenters. The third-order valence-electron chi connectivity index (χ3n) is 5.01. The fourth-order valence-corrected chi connectivity index (χ4v) is 4.31. The normalized spacial score (nSPS) is 16.1. The van der Waals surface area contributed by atoms with E-state index in [1.54, 1.807) is 62.3 Å². The Hall–Kier alpha value is -3.55. The van der Waals surface area contributed by atoms with E-state index in [2.05, 4.69) is 15.8 Å². The molecule has 14 heteroatoms. The second-order valence-electron chi connectivity index (χ2n) is 11.5. The highest BCUT2D eigenvalue weighted by Crippen LogP contribution is 2.33. The van der Waals surface area contributed by atoms with Crippen LogP contribution in [-0.4, -0.2) is 71.0 Å². The zero-order valence-electron chi connectivity index (χ0n) is 24.9. The molecule has 1 aromatic carbocycles. The van der Waals surface area contributed by atoms with Crippen LogP contribution in [-0.2, 0) is 23.7 Å². The highest BCUT2D eigenvalue weighted by atomic mass is 32.2. The molecule has 1 aliphatic rings. The van der Waals surface area contributed by atoms with Gasteiger partial charge in [-0.3, -0.25) is 9.69 Å². The molecule has 0 bridgehead atoms. The lowest BCUT2D eigenvalue weighted by molar-refractivity contribution is -0.145. The maximum Gasteiger partial charge on any atom is 0.428 e. The zero-order chi connectivity index (χ0) is 31.2. The molecule has 0 unspecified atom stereocenters. The first-order valence-electron chi connectivity index (χ1n) is 13.0. The minimum Gasteiger partial charge on any atom is -0.465 e. The second-order valence-corrected chi connectivity index (χ2v) is 13.1. The standard InChI is InChI=1S/C27H39FN4O8S/c1-10-37-21(33)27(8,9)41-20(30-31-23(35)40-26(5,6)7)18-12-11-16(13-19(18)28)32-15-17(38-24(32)36)14-29-22(34)39-25(2,3)4/h11-13,17H,10,14-15H2,1-9H3,(H,29,34)(H,31,35)/t17-/m1/s1. The minimum atomic E-state index is -1.19. The van der Waals surface area contributed by atoms with E-state index in [-0.39, 0.29) is 36.0 Å². The van der Waals surface area contributed by atoms with Crippen LogP contribution in [0.3, 0.4) is 0 Å². The molecule has 2 N–H and O–H groups in total. The number of hydrazone groups is 1. The van der Waals surface area contributed by atoms with Gasteiger partial charge in [0, 0.05) is 5.56 Å². The number of ether oxygens (including phenoxy) is 4. The second kappa shape index (κ2) is 13.4. The number of halogens is 1. The summed E-state index contributed by atoms with van der Waals surface area (Å²) in [5.74, 6) is -1.33. The fraction of sp³-hybridized carbons (Fsp3) is 0.593. The third kappa shape index (κ3) is 10.7. The van der Waals surface area contributed by atoms with Gasteiger partial charge in [0.25, 0.3) is 0 Å². The maximum atomic E-state index is 15.5. The summed E-state index contributed by atoms with van der Waals surface area (Å²) in [6.07, 6.45) is -2.93. The van der Waals surface area contributed by atoms with Crippen molar-refractivity contribution in [1.29, 1.82) is 0 Å². The summed E-state index contributed by atoms with van der Waals surface area (Å²) in [4.78, 5) is 50.4. The number of cyclic esters (lactones) is 1. The van der Waals surface area contributed by atoms with Crippen LogP contribution in [0, 0.1) is 5.82 Å². The Labute approximate surface area is 243 Å². The van der Waals surface area contributed by atoms with Gasteiger partial charge in [0.05, 0.1) is 25.4 Å². The molecule has 2 rings (SSSR count). The Kier molecular flexibility index (Phi) is 11.0. The lowest BCUT2D eigenvalue weighted by Crippen LogP contribution is -2.38. The first kappa shape index (κ1) is 33.7. The van der Waals surface area contributed by atoms with Crippen LogP contribution in [0.1, 0.15) is 67.9 Å². The number of esters is 1. The lowest BCUT2D eigenvalue weighted by atomic mass is 10.2. The largest absolute Gasteiger partial charge is 0.465 e. The molecule has 12 nitrogen and oxygen atoms in total. The van der Waals surface area contributed by atoms with E-state index in [4.69, 9.17) is 18.9 Å². The highest BCUT2D eigenvalue weighted by molar-refractivity contribution is 8.16. The van der Waals surface area contributed by atoms with Crippen molar-refractivity contribution < 1.29 is 42.5 Å². The minimum absolute atomic E-state index is 0.00441.